The van der Waals surface area contributed by atoms with Crippen molar-refractivity contribution in [1.29, 1.82) is 0 Å². The predicted octanol–water partition coefficient (Wildman–Crippen LogP) is 4.04. The Morgan fingerprint density at radius 2 is 2.16 bits per heavy atom. The molecule has 0 saturated carbocycles. The summed E-state index contributed by atoms with van der Waals surface area (Å²) in [6.07, 6.45) is 1.06. The molecule has 2 N–H and O–H groups in total. The molecule has 1 aromatic heterocycles. The van der Waals surface area contributed by atoms with Gasteiger partial charge in [0.1, 0.15) is 0 Å². The maximum Gasteiger partial charge on any atom is 0.0423 e. The molecule has 0 aliphatic carbocycles. The Morgan fingerprint density at radius 3 is 2.79 bits per heavy atom. The van der Waals surface area contributed by atoms with E-state index in [0.29, 0.717) is 12.6 Å². The predicted molar refractivity (Wildman–Crippen MR) is 87.9 cm³/mol. The van der Waals surface area contributed by atoms with Crippen molar-refractivity contribution in [3.63, 3.8) is 0 Å². The first-order chi connectivity index (χ1) is 9.11. The molecule has 0 aliphatic heterocycles. The number of benzene rings is 1. The summed E-state index contributed by atoms with van der Waals surface area (Å²) in [5.41, 5.74) is 8.23. The molecule has 0 spiro atoms. The molecule has 1 unspecified atom stereocenters. The highest BCUT2D eigenvalue weighted by Crippen LogP contribution is 2.26. The van der Waals surface area contributed by atoms with Gasteiger partial charge in [0.15, 0.2) is 0 Å². The molecule has 0 fully saturated rings. The third kappa shape index (κ3) is 3.59. The molecule has 2 nitrogen and oxygen atoms in total. The van der Waals surface area contributed by atoms with E-state index in [1.165, 1.54) is 16.1 Å². The molecular formula is C15H19BrN2S. The van der Waals surface area contributed by atoms with Crippen LogP contribution in [0, 0.1) is 0 Å². The average molecular weight is 339 g/mol. The van der Waals surface area contributed by atoms with Gasteiger partial charge in [-0.05, 0) is 36.1 Å². The van der Waals surface area contributed by atoms with E-state index in [9.17, 15) is 0 Å². The largest absolute Gasteiger partial charge is 0.371 e. The quantitative estimate of drug-likeness (QED) is 0.891. The van der Waals surface area contributed by atoms with Gasteiger partial charge in [0.2, 0.25) is 0 Å². The number of anilines is 1. The summed E-state index contributed by atoms with van der Waals surface area (Å²) in [5, 5.41) is 2.13. The number of rotatable bonds is 5. The molecular weight excluding hydrogens is 320 g/mol. The normalized spacial score (nSPS) is 12.4. The Labute approximate surface area is 127 Å². The van der Waals surface area contributed by atoms with E-state index in [0.717, 1.165) is 10.9 Å². The summed E-state index contributed by atoms with van der Waals surface area (Å²) in [4.78, 5) is 3.73. The van der Waals surface area contributed by atoms with Gasteiger partial charge in [-0.3, -0.25) is 0 Å². The second kappa shape index (κ2) is 6.55. The van der Waals surface area contributed by atoms with Gasteiger partial charge < -0.3 is 10.6 Å². The molecule has 0 amide bonds. The zero-order valence-electron chi connectivity index (χ0n) is 11.3. The van der Waals surface area contributed by atoms with Crippen molar-refractivity contribution in [2.24, 2.45) is 5.73 Å². The van der Waals surface area contributed by atoms with Crippen molar-refractivity contribution in [3.05, 3.63) is 50.6 Å². The van der Waals surface area contributed by atoms with Gasteiger partial charge in [-0.25, -0.2) is 0 Å². The Morgan fingerprint density at radius 1 is 1.37 bits per heavy atom. The number of halogens is 1. The maximum atomic E-state index is 5.83. The van der Waals surface area contributed by atoms with Crippen molar-refractivity contribution in [1.82, 2.24) is 0 Å². The van der Waals surface area contributed by atoms with Crippen LogP contribution in [0.1, 0.15) is 17.4 Å². The summed E-state index contributed by atoms with van der Waals surface area (Å²) >= 11 is 5.35. The Kier molecular flexibility index (Phi) is 5.02. The number of hydrogen-bond donors (Lipinski definition) is 1. The van der Waals surface area contributed by atoms with Crippen LogP contribution in [-0.2, 0) is 13.0 Å². The van der Waals surface area contributed by atoms with E-state index in [-0.39, 0.29) is 0 Å². The van der Waals surface area contributed by atoms with Crippen LogP contribution in [0.4, 0.5) is 5.69 Å². The van der Waals surface area contributed by atoms with Crippen LogP contribution in [0.15, 0.2) is 40.2 Å². The SMILES string of the molecule is CC(Cc1cccs1)N(C)c1cc(Br)ccc1CN. The van der Waals surface area contributed by atoms with Crippen LogP contribution in [0.2, 0.25) is 0 Å². The first-order valence-electron chi connectivity index (χ1n) is 6.35. The minimum Gasteiger partial charge on any atom is -0.371 e. The highest BCUT2D eigenvalue weighted by atomic mass is 79.9. The number of thiophene rings is 1. The summed E-state index contributed by atoms with van der Waals surface area (Å²) in [7, 11) is 2.14. The van der Waals surface area contributed by atoms with Gasteiger partial charge >= 0.3 is 0 Å². The monoisotopic (exact) mass is 338 g/mol. The number of nitrogens with two attached hydrogens (primary N) is 1. The zero-order valence-corrected chi connectivity index (χ0v) is 13.7. The second-order valence-corrected chi connectivity index (χ2v) is 6.67. The summed E-state index contributed by atoms with van der Waals surface area (Å²) < 4.78 is 1.09. The highest BCUT2D eigenvalue weighted by Gasteiger charge is 2.14. The smallest absolute Gasteiger partial charge is 0.0423 e. The van der Waals surface area contributed by atoms with Crippen LogP contribution in [0.25, 0.3) is 0 Å². The Hall–Kier alpha value is -0.840. The van der Waals surface area contributed by atoms with E-state index in [4.69, 9.17) is 5.73 Å². The third-order valence-corrected chi connectivity index (χ3v) is 4.78. The molecule has 2 aromatic rings. The van der Waals surface area contributed by atoms with Crippen molar-refractivity contribution in [2.75, 3.05) is 11.9 Å². The molecule has 102 valence electrons. The third-order valence-electron chi connectivity index (χ3n) is 3.39. The van der Waals surface area contributed by atoms with E-state index in [2.05, 4.69) is 64.4 Å². The lowest BCUT2D eigenvalue weighted by Gasteiger charge is -2.29. The van der Waals surface area contributed by atoms with Gasteiger partial charge in [-0.2, -0.15) is 0 Å². The molecule has 0 saturated heterocycles. The number of hydrogen-bond acceptors (Lipinski definition) is 3. The lowest BCUT2D eigenvalue weighted by molar-refractivity contribution is 0.685. The maximum absolute atomic E-state index is 5.83. The van der Waals surface area contributed by atoms with Crippen LogP contribution in [0.5, 0.6) is 0 Å². The number of likely N-dealkylation sites (N-methyl/N-ethyl adjacent to an activating group) is 1. The van der Waals surface area contributed by atoms with Crippen LogP contribution in [0.3, 0.4) is 0 Å². The summed E-state index contributed by atoms with van der Waals surface area (Å²) in [6, 6.07) is 11.0. The van der Waals surface area contributed by atoms with Crippen molar-refractivity contribution < 1.29 is 0 Å². The van der Waals surface area contributed by atoms with E-state index < -0.39 is 0 Å². The molecule has 1 heterocycles. The van der Waals surface area contributed by atoms with Gasteiger partial charge in [-0.1, -0.05) is 28.1 Å². The molecule has 1 atom stereocenters. The molecule has 4 heteroatoms. The average Bonchev–Trinajstić information content (AvgIpc) is 2.90. The van der Waals surface area contributed by atoms with E-state index in [1.54, 1.807) is 0 Å². The fraction of sp³-hybridized carbons (Fsp3) is 0.333. The fourth-order valence-electron chi connectivity index (χ4n) is 2.13. The van der Waals surface area contributed by atoms with Crippen LogP contribution in [-0.4, -0.2) is 13.1 Å². The van der Waals surface area contributed by atoms with E-state index in [1.807, 2.05) is 17.4 Å². The first kappa shape index (κ1) is 14.6. The van der Waals surface area contributed by atoms with Crippen molar-refractivity contribution in [2.45, 2.75) is 25.9 Å². The van der Waals surface area contributed by atoms with Gasteiger partial charge in [0.05, 0.1) is 0 Å². The standard InChI is InChI=1S/C15H19BrN2S/c1-11(8-14-4-3-7-19-14)18(2)15-9-13(16)6-5-12(15)10-17/h3-7,9,11H,8,10,17H2,1-2H3. The van der Waals surface area contributed by atoms with Gasteiger partial charge in [0.25, 0.3) is 0 Å². The molecule has 19 heavy (non-hydrogen) atoms. The topological polar surface area (TPSA) is 29.3 Å². The molecule has 0 radical (unpaired) electrons. The van der Waals surface area contributed by atoms with Crippen LogP contribution < -0.4 is 10.6 Å². The van der Waals surface area contributed by atoms with Gasteiger partial charge in [-0.15, -0.1) is 11.3 Å². The number of nitrogens with zero attached hydrogens (tertiary/aromatic N) is 1. The highest BCUT2D eigenvalue weighted by molar-refractivity contribution is 9.10. The summed E-state index contributed by atoms with van der Waals surface area (Å²) in [5.74, 6) is 0. The van der Waals surface area contributed by atoms with E-state index >= 15 is 0 Å². The molecule has 2 rings (SSSR count). The Balaban J connectivity index is 2.18. The molecule has 0 bridgehead atoms. The lowest BCUT2D eigenvalue weighted by Crippen LogP contribution is -2.31. The molecule has 0 aliphatic rings. The van der Waals surface area contributed by atoms with Crippen LogP contribution >= 0.6 is 27.3 Å². The summed E-state index contributed by atoms with van der Waals surface area (Å²) in [6.45, 7) is 2.82. The second-order valence-electron chi connectivity index (χ2n) is 4.72. The fourth-order valence-corrected chi connectivity index (χ4v) is 3.31. The molecule has 1 aromatic carbocycles. The minimum absolute atomic E-state index is 0.443. The lowest BCUT2D eigenvalue weighted by atomic mass is 10.1. The minimum atomic E-state index is 0.443. The first-order valence-corrected chi connectivity index (χ1v) is 8.02. The Bertz CT molecular complexity index is 525. The van der Waals surface area contributed by atoms with Gasteiger partial charge in [0, 0.05) is 41.1 Å². The van der Waals surface area contributed by atoms with Crippen molar-refractivity contribution >= 4 is 33.0 Å². The zero-order chi connectivity index (χ0) is 13.8. The van der Waals surface area contributed by atoms with Crippen molar-refractivity contribution in [3.8, 4) is 0 Å².